The Kier molecular flexibility index (Phi) is 8.88. The molecule has 1 atom stereocenters. The number of nitrogens with one attached hydrogen (secondary N) is 2. The average Bonchev–Trinajstić information content (AvgIpc) is 2.75. The summed E-state index contributed by atoms with van der Waals surface area (Å²) in [6.45, 7) is 1.88. The number of aryl methyl sites for hydroxylation is 1. The molecule has 0 spiro atoms. The molecule has 0 heterocycles. The van der Waals surface area contributed by atoms with Crippen molar-refractivity contribution in [1.82, 2.24) is 10.6 Å². The molecule has 31 heavy (non-hydrogen) atoms. The Hall–Kier alpha value is -4.04. The maximum Gasteiger partial charge on any atom is 0.305 e. The molecule has 10 heteroatoms. The molecule has 2 aromatic rings. The van der Waals surface area contributed by atoms with Crippen LogP contribution in [0.25, 0.3) is 10.4 Å². The van der Waals surface area contributed by atoms with Crippen molar-refractivity contribution in [3.05, 3.63) is 75.7 Å². The second kappa shape index (κ2) is 11.8. The van der Waals surface area contributed by atoms with Crippen LogP contribution in [0.2, 0.25) is 0 Å². The molecule has 0 aliphatic carbocycles. The van der Waals surface area contributed by atoms with Gasteiger partial charge in [-0.3, -0.25) is 14.4 Å². The smallest absolute Gasteiger partial charge is 0.305 e. The van der Waals surface area contributed by atoms with Gasteiger partial charge in [0, 0.05) is 29.6 Å². The van der Waals surface area contributed by atoms with Gasteiger partial charge in [0.1, 0.15) is 5.75 Å². The number of benzene rings is 2. The number of aliphatic carboxylic acids is 1. The molecule has 0 aliphatic rings. The van der Waals surface area contributed by atoms with Crippen molar-refractivity contribution in [1.29, 1.82) is 0 Å². The Labute approximate surface area is 178 Å². The SMILES string of the molecule is Cc1ccccc1OCC(=O)NCc1ccc(C(=O)N[C@H](CN=[N+]=[N-])CC(=O)O)cc1. The minimum Gasteiger partial charge on any atom is -0.484 e. The van der Waals surface area contributed by atoms with Gasteiger partial charge in [-0.15, -0.1) is 0 Å². The first-order valence-electron chi connectivity index (χ1n) is 9.46. The zero-order chi connectivity index (χ0) is 22.6. The van der Waals surface area contributed by atoms with Crippen molar-refractivity contribution in [2.75, 3.05) is 13.2 Å². The third-order valence-corrected chi connectivity index (χ3v) is 4.28. The van der Waals surface area contributed by atoms with E-state index >= 15 is 0 Å². The van der Waals surface area contributed by atoms with Crippen LogP contribution < -0.4 is 15.4 Å². The maximum absolute atomic E-state index is 12.3. The van der Waals surface area contributed by atoms with E-state index in [-0.39, 0.29) is 32.0 Å². The van der Waals surface area contributed by atoms with E-state index in [1.54, 1.807) is 30.3 Å². The summed E-state index contributed by atoms with van der Waals surface area (Å²) in [7, 11) is 0. The van der Waals surface area contributed by atoms with Gasteiger partial charge in [0.15, 0.2) is 6.61 Å². The number of rotatable bonds is 11. The molecule has 162 valence electrons. The van der Waals surface area contributed by atoms with Gasteiger partial charge in [0.05, 0.1) is 6.42 Å². The van der Waals surface area contributed by atoms with Crippen LogP contribution in [0.4, 0.5) is 0 Å². The number of amides is 2. The molecule has 0 aromatic heterocycles. The summed E-state index contributed by atoms with van der Waals surface area (Å²) in [6.07, 6.45) is -0.362. The molecule has 0 saturated carbocycles. The first kappa shape index (κ1) is 23.2. The molecule has 2 rings (SSSR count). The molecule has 0 radical (unpaired) electrons. The lowest BCUT2D eigenvalue weighted by Crippen LogP contribution is -2.38. The summed E-state index contributed by atoms with van der Waals surface area (Å²) < 4.78 is 5.49. The highest BCUT2D eigenvalue weighted by Crippen LogP contribution is 2.15. The predicted octanol–water partition coefficient (Wildman–Crippen LogP) is 2.57. The van der Waals surface area contributed by atoms with Crippen LogP contribution in [-0.4, -0.2) is 42.1 Å². The zero-order valence-electron chi connectivity index (χ0n) is 16.9. The average molecular weight is 425 g/mol. The molecule has 3 N–H and O–H groups in total. The molecule has 0 bridgehead atoms. The molecule has 10 nitrogen and oxygen atoms in total. The van der Waals surface area contributed by atoms with Crippen molar-refractivity contribution >= 4 is 17.8 Å². The van der Waals surface area contributed by atoms with Crippen LogP contribution in [0.1, 0.15) is 27.9 Å². The van der Waals surface area contributed by atoms with E-state index in [0.29, 0.717) is 11.3 Å². The molecule has 0 fully saturated rings. The number of ether oxygens (including phenoxy) is 1. The fourth-order valence-corrected chi connectivity index (χ4v) is 2.66. The van der Waals surface area contributed by atoms with Crippen molar-refractivity contribution in [3.63, 3.8) is 0 Å². The summed E-state index contributed by atoms with van der Waals surface area (Å²) >= 11 is 0. The maximum atomic E-state index is 12.3. The lowest BCUT2D eigenvalue weighted by molar-refractivity contribution is -0.137. The Morgan fingerprint density at radius 1 is 1.16 bits per heavy atom. The van der Waals surface area contributed by atoms with E-state index in [0.717, 1.165) is 11.1 Å². The second-order valence-electron chi connectivity index (χ2n) is 6.71. The number of azide groups is 1. The number of carbonyl (C=O) groups excluding carboxylic acids is 2. The van der Waals surface area contributed by atoms with Crippen LogP contribution in [0.5, 0.6) is 5.75 Å². The molecule has 0 unspecified atom stereocenters. The number of para-hydroxylation sites is 1. The Morgan fingerprint density at radius 2 is 1.87 bits per heavy atom. The summed E-state index contributed by atoms with van der Waals surface area (Å²) in [6, 6.07) is 13.1. The highest BCUT2D eigenvalue weighted by molar-refractivity contribution is 5.94. The van der Waals surface area contributed by atoms with Gasteiger partial charge in [0.25, 0.3) is 11.8 Å². The monoisotopic (exact) mass is 425 g/mol. The van der Waals surface area contributed by atoms with Gasteiger partial charge in [-0.1, -0.05) is 35.4 Å². The molecule has 2 aromatic carbocycles. The highest BCUT2D eigenvalue weighted by Gasteiger charge is 2.16. The summed E-state index contributed by atoms with van der Waals surface area (Å²) in [5.74, 6) is -1.23. The number of carboxylic acid groups (broad SMARTS) is 1. The topological polar surface area (TPSA) is 153 Å². The largest absolute Gasteiger partial charge is 0.484 e. The Balaban J connectivity index is 1.84. The van der Waals surface area contributed by atoms with E-state index in [9.17, 15) is 14.4 Å². The summed E-state index contributed by atoms with van der Waals surface area (Å²) in [5, 5.41) is 17.5. The third kappa shape index (κ3) is 8.08. The van der Waals surface area contributed by atoms with E-state index < -0.39 is 17.9 Å². The zero-order valence-corrected chi connectivity index (χ0v) is 16.9. The fourth-order valence-electron chi connectivity index (χ4n) is 2.66. The van der Waals surface area contributed by atoms with Crippen LogP contribution in [-0.2, 0) is 16.1 Å². The first-order valence-corrected chi connectivity index (χ1v) is 9.46. The lowest BCUT2D eigenvalue weighted by atomic mass is 10.1. The summed E-state index contributed by atoms with van der Waals surface area (Å²) in [4.78, 5) is 37.7. The normalized spacial score (nSPS) is 11.0. The van der Waals surface area contributed by atoms with Crippen LogP contribution in [0.3, 0.4) is 0 Å². The molecule has 2 amide bonds. The number of carboxylic acids is 1. The van der Waals surface area contributed by atoms with Crippen LogP contribution in [0, 0.1) is 6.92 Å². The summed E-state index contributed by atoms with van der Waals surface area (Å²) in [5.41, 5.74) is 10.4. The minimum absolute atomic E-state index is 0.110. The third-order valence-electron chi connectivity index (χ3n) is 4.28. The van der Waals surface area contributed by atoms with Gasteiger partial charge >= 0.3 is 5.97 Å². The van der Waals surface area contributed by atoms with Gasteiger partial charge in [-0.05, 0) is 41.8 Å². The van der Waals surface area contributed by atoms with Gasteiger partial charge in [0.2, 0.25) is 0 Å². The quantitative estimate of drug-likeness (QED) is 0.287. The lowest BCUT2D eigenvalue weighted by Gasteiger charge is -2.14. The van der Waals surface area contributed by atoms with Gasteiger partial charge in [-0.25, -0.2) is 0 Å². The fraction of sp³-hybridized carbons (Fsp3) is 0.286. The van der Waals surface area contributed by atoms with Crippen molar-refractivity contribution in [2.24, 2.45) is 5.11 Å². The van der Waals surface area contributed by atoms with Crippen LogP contribution in [0.15, 0.2) is 53.6 Å². The number of hydrogen-bond donors (Lipinski definition) is 3. The van der Waals surface area contributed by atoms with Crippen molar-refractivity contribution in [2.45, 2.75) is 25.9 Å². The van der Waals surface area contributed by atoms with Crippen LogP contribution >= 0.6 is 0 Å². The van der Waals surface area contributed by atoms with E-state index in [4.69, 9.17) is 15.4 Å². The Bertz CT molecular complexity index is 966. The molecule has 0 saturated heterocycles. The van der Waals surface area contributed by atoms with Gasteiger partial charge < -0.3 is 20.5 Å². The second-order valence-corrected chi connectivity index (χ2v) is 6.71. The van der Waals surface area contributed by atoms with E-state index in [2.05, 4.69) is 20.7 Å². The van der Waals surface area contributed by atoms with E-state index in [1.165, 1.54) is 0 Å². The van der Waals surface area contributed by atoms with Crippen molar-refractivity contribution < 1.29 is 24.2 Å². The first-order chi connectivity index (χ1) is 14.9. The molecule has 0 aliphatic heterocycles. The molecular weight excluding hydrogens is 402 g/mol. The van der Waals surface area contributed by atoms with Crippen molar-refractivity contribution in [3.8, 4) is 5.75 Å². The Morgan fingerprint density at radius 3 is 2.52 bits per heavy atom. The number of nitrogens with zero attached hydrogens (tertiary/aromatic N) is 3. The standard InChI is InChI=1S/C21H23N5O5/c1-14-4-2-3-5-18(14)31-13-19(27)23-11-15-6-8-16(9-7-15)21(30)25-17(10-20(28)29)12-24-26-22/h2-9,17H,10-13H2,1H3,(H,23,27)(H,25,30)(H,28,29)/t17-/m0/s1. The number of hydrogen-bond acceptors (Lipinski definition) is 5. The van der Waals surface area contributed by atoms with Gasteiger partial charge in [-0.2, -0.15) is 0 Å². The predicted molar refractivity (Wildman–Crippen MR) is 112 cm³/mol. The number of carbonyl (C=O) groups is 3. The minimum atomic E-state index is -1.11. The van der Waals surface area contributed by atoms with E-state index in [1.807, 2.05) is 25.1 Å². The highest BCUT2D eigenvalue weighted by atomic mass is 16.5. The molecular formula is C21H23N5O5.